The molecule has 1 aromatic heterocycles. The van der Waals surface area contributed by atoms with Gasteiger partial charge in [0.05, 0.1) is 11.4 Å². The summed E-state index contributed by atoms with van der Waals surface area (Å²) in [7, 11) is 0. The molecule has 1 aliphatic rings. The zero-order valence-electron chi connectivity index (χ0n) is 13.3. The number of piperidine rings is 1. The van der Waals surface area contributed by atoms with Crippen molar-refractivity contribution in [1.82, 2.24) is 15.5 Å². The third-order valence-corrected chi connectivity index (χ3v) is 4.78. The Hall–Kier alpha value is -1.89. The first-order chi connectivity index (χ1) is 11.1. The summed E-state index contributed by atoms with van der Waals surface area (Å²) in [5, 5.41) is 7.37. The maximum Gasteiger partial charge on any atom is 0.261 e. The molecule has 0 spiro atoms. The van der Waals surface area contributed by atoms with E-state index >= 15 is 0 Å². The Labute approximate surface area is 140 Å². The second-order valence-corrected chi connectivity index (χ2v) is 6.55. The Morgan fingerprint density at radius 2 is 2.00 bits per heavy atom. The number of hydrogen-bond donors (Lipinski definition) is 2. The number of likely N-dealkylation sites (tertiary alicyclic amines) is 1. The molecule has 1 saturated heterocycles. The standard InChI is InChI=1S/C16H23N3O3S/c1-2-7-17-15(21)12-5-8-19(9-6-12)14(20)11-18-16(22)13-4-3-10-23-13/h3-4,10,12H,2,5-9,11H2,1H3,(H,17,21)(H,18,22). The molecule has 3 amide bonds. The van der Waals surface area contributed by atoms with Gasteiger partial charge >= 0.3 is 0 Å². The van der Waals surface area contributed by atoms with Gasteiger partial charge in [0.15, 0.2) is 0 Å². The summed E-state index contributed by atoms with van der Waals surface area (Å²) in [6, 6.07) is 3.53. The SMILES string of the molecule is CCCNC(=O)C1CCN(C(=O)CNC(=O)c2cccs2)CC1. The first-order valence-electron chi connectivity index (χ1n) is 7.99. The molecule has 1 fully saturated rings. The molecule has 0 unspecified atom stereocenters. The van der Waals surface area contributed by atoms with E-state index in [4.69, 9.17) is 0 Å². The number of thiophene rings is 1. The van der Waals surface area contributed by atoms with Crippen molar-refractivity contribution in [2.75, 3.05) is 26.2 Å². The molecule has 0 atom stereocenters. The Morgan fingerprint density at radius 1 is 1.26 bits per heavy atom. The number of nitrogens with zero attached hydrogens (tertiary/aromatic N) is 1. The van der Waals surface area contributed by atoms with Gasteiger partial charge in [0.25, 0.3) is 5.91 Å². The fraction of sp³-hybridized carbons (Fsp3) is 0.562. The quantitative estimate of drug-likeness (QED) is 0.820. The number of carbonyl (C=O) groups excluding carboxylic acids is 3. The zero-order valence-corrected chi connectivity index (χ0v) is 14.2. The van der Waals surface area contributed by atoms with Gasteiger partial charge in [-0.1, -0.05) is 13.0 Å². The molecule has 1 aromatic rings. The van der Waals surface area contributed by atoms with Gasteiger partial charge < -0.3 is 15.5 Å². The van der Waals surface area contributed by atoms with Crippen molar-refractivity contribution in [3.8, 4) is 0 Å². The highest BCUT2D eigenvalue weighted by Crippen LogP contribution is 2.17. The van der Waals surface area contributed by atoms with Crippen LogP contribution in [-0.4, -0.2) is 48.8 Å². The lowest BCUT2D eigenvalue weighted by Gasteiger charge is -2.31. The fourth-order valence-electron chi connectivity index (χ4n) is 2.55. The van der Waals surface area contributed by atoms with Crippen molar-refractivity contribution in [2.45, 2.75) is 26.2 Å². The Balaban J connectivity index is 1.71. The highest BCUT2D eigenvalue weighted by molar-refractivity contribution is 7.12. The van der Waals surface area contributed by atoms with E-state index in [9.17, 15) is 14.4 Å². The summed E-state index contributed by atoms with van der Waals surface area (Å²) in [4.78, 5) is 38.2. The first-order valence-corrected chi connectivity index (χ1v) is 8.87. The fourth-order valence-corrected chi connectivity index (χ4v) is 3.19. The average Bonchev–Trinajstić information content (AvgIpc) is 3.12. The van der Waals surface area contributed by atoms with E-state index in [1.54, 1.807) is 17.0 Å². The van der Waals surface area contributed by atoms with E-state index in [1.807, 2.05) is 12.3 Å². The Bertz CT molecular complexity index is 537. The Morgan fingerprint density at radius 3 is 2.61 bits per heavy atom. The molecule has 2 heterocycles. The van der Waals surface area contributed by atoms with Gasteiger partial charge in [0.1, 0.15) is 0 Å². The van der Waals surface area contributed by atoms with Crippen LogP contribution in [0, 0.1) is 5.92 Å². The molecule has 0 aliphatic carbocycles. The number of nitrogens with one attached hydrogen (secondary N) is 2. The number of carbonyl (C=O) groups is 3. The van der Waals surface area contributed by atoms with Crippen molar-refractivity contribution in [1.29, 1.82) is 0 Å². The van der Waals surface area contributed by atoms with Gasteiger partial charge in [-0.2, -0.15) is 0 Å². The first kappa shape index (κ1) is 17.5. The molecular formula is C16H23N3O3S. The van der Waals surface area contributed by atoms with Crippen LogP contribution in [0.3, 0.4) is 0 Å². The monoisotopic (exact) mass is 337 g/mol. The molecular weight excluding hydrogens is 314 g/mol. The summed E-state index contributed by atoms with van der Waals surface area (Å²) in [5.74, 6) is -0.235. The summed E-state index contributed by atoms with van der Waals surface area (Å²) < 4.78 is 0. The van der Waals surface area contributed by atoms with Crippen molar-refractivity contribution in [2.24, 2.45) is 5.92 Å². The lowest BCUT2D eigenvalue weighted by atomic mass is 9.96. The van der Waals surface area contributed by atoms with Gasteiger partial charge in [-0.05, 0) is 30.7 Å². The molecule has 1 aliphatic heterocycles. The van der Waals surface area contributed by atoms with Crippen LogP contribution in [0.15, 0.2) is 17.5 Å². The van der Waals surface area contributed by atoms with Crippen LogP contribution in [0.5, 0.6) is 0 Å². The summed E-state index contributed by atoms with van der Waals surface area (Å²) in [6.45, 7) is 3.86. The Kier molecular flexibility index (Phi) is 6.58. The predicted octanol–water partition coefficient (Wildman–Crippen LogP) is 1.24. The lowest BCUT2D eigenvalue weighted by Crippen LogP contribution is -2.46. The van der Waals surface area contributed by atoms with Gasteiger partial charge in [-0.15, -0.1) is 11.3 Å². The van der Waals surface area contributed by atoms with E-state index in [2.05, 4.69) is 10.6 Å². The van der Waals surface area contributed by atoms with E-state index in [0.29, 0.717) is 37.4 Å². The highest BCUT2D eigenvalue weighted by Gasteiger charge is 2.27. The van der Waals surface area contributed by atoms with Crippen LogP contribution in [-0.2, 0) is 9.59 Å². The highest BCUT2D eigenvalue weighted by atomic mass is 32.1. The molecule has 6 nitrogen and oxygen atoms in total. The maximum atomic E-state index is 12.1. The van der Waals surface area contributed by atoms with Crippen molar-refractivity contribution in [3.63, 3.8) is 0 Å². The maximum absolute atomic E-state index is 12.1. The van der Waals surface area contributed by atoms with Gasteiger partial charge in [0, 0.05) is 25.6 Å². The minimum Gasteiger partial charge on any atom is -0.356 e. The van der Waals surface area contributed by atoms with Crippen LogP contribution in [0.4, 0.5) is 0 Å². The second-order valence-electron chi connectivity index (χ2n) is 5.61. The normalized spacial score (nSPS) is 15.3. The van der Waals surface area contributed by atoms with Crippen LogP contribution < -0.4 is 10.6 Å². The van der Waals surface area contributed by atoms with Crippen LogP contribution in [0.1, 0.15) is 35.9 Å². The van der Waals surface area contributed by atoms with E-state index in [-0.39, 0.29) is 30.2 Å². The molecule has 7 heteroatoms. The molecule has 2 rings (SSSR count). The summed E-state index contributed by atoms with van der Waals surface area (Å²) in [5.41, 5.74) is 0. The third-order valence-electron chi connectivity index (χ3n) is 3.91. The van der Waals surface area contributed by atoms with E-state index < -0.39 is 0 Å². The van der Waals surface area contributed by atoms with E-state index in [0.717, 1.165) is 6.42 Å². The number of hydrogen-bond acceptors (Lipinski definition) is 4. The summed E-state index contributed by atoms with van der Waals surface area (Å²) >= 11 is 1.35. The second kappa shape index (κ2) is 8.67. The third kappa shape index (κ3) is 5.06. The topological polar surface area (TPSA) is 78.5 Å². The minimum absolute atomic E-state index is 0.00340. The van der Waals surface area contributed by atoms with Crippen LogP contribution >= 0.6 is 11.3 Å². The molecule has 0 aromatic carbocycles. The average molecular weight is 337 g/mol. The predicted molar refractivity (Wildman–Crippen MR) is 89.3 cm³/mol. The molecule has 23 heavy (non-hydrogen) atoms. The lowest BCUT2D eigenvalue weighted by molar-refractivity contribution is -0.134. The zero-order chi connectivity index (χ0) is 16.7. The van der Waals surface area contributed by atoms with Gasteiger partial charge in [0.2, 0.25) is 11.8 Å². The van der Waals surface area contributed by atoms with Crippen LogP contribution in [0.2, 0.25) is 0 Å². The van der Waals surface area contributed by atoms with E-state index in [1.165, 1.54) is 11.3 Å². The van der Waals surface area contributed by atoms with Crippen molar-refractivity contribution < 1.29 is 14.4 Å². The molecule has 0 radical (unpaired) electrons. The minimum atomic E-state index is -0.220. The van der Waals surface area contributed by atoms with Crippen molar-refractivity contribution >= 4 is 29.1 Å². The molecule has 0 saturated carbocycles. The molecule has 126 valence electrons. The van der Waals surface area contributed by atoms with Gasteiger partial charge in [-0.3, -0.25) is 14.4 Å². The molecule has 0 bridgehead atoms. The van der Waals surface area contributed by atoms with Crippen molar-refractivity contribution in [3.05, 3.63) is 22.4 Å². The molecule has 2 N–H and O–H groups in total. The number of amides is 3. The summed E-state index contributed by atoms with van der Waals surface area (Å²) in [6.07, 6.45) is 2.29. The number of rotatable bonds is 6. The largest absolute Gasteiger partial charge is 0.356 e. The van der Waals surface area contributed by atoms with Gasteiger partial charge in [-0.25, -0.2) is 0 Å². The smallest absolute Gasteiger partial charge is 0.261 e. The van der Waals surface area contributed by atoms with Crippen LogP contribution in [0.25, 0.3) is 0 Å².